The lowest BCUT2D eigenvalue weighted by atomic mass is 10.1. The van der Waals surface area contributed by atoms with Crippen molar-refractivity contribution in [3.63, 3.8) is 0 Å². The highest BCUT2D eigenvalue weighted by atomic mass is 35.5. The fourth-order valence-electron chi connectivity index (χ4n) is 4.41. The monoisotopic (exact) mass is 617 g/mol. The van der Waals surface area contributed by atoms with Crippen LogP contribution in [0.4, 0.5) is 5.69 Å². The van der Waals surface area contributed by atoms with Crippen LogP contribution >= 0.6 is 23.2 Å². The lowest BCUT2D eigenvalue weighted by Gasteiger charge is -2.34. The first-order valence-electron chi connectivity index (χ1n) is 13.5. The molecule has 0 aliphatic rings. The molecular weight excluding hydrogens is 581 g/mol. The van der Waals surface area contributed by atoms with E-state index in [2.05, 4.69) is 5.32 Å². The third-order valence-corrected chi connectivity index (χ3v) is 9.24. The molecule has 3 rings (SSSR count). The molecule has 7 nitrogen and oxygen atoms in total. The summed E-state index contributed by atoms with van der Waals surface area (Å²) >= 11 is 12.6. The molecule has 1 atom stereocenters. The van der Waals surface area contributed by atoms with E-state index < -0.39 is 28.5 Å². The minimum absolute atomic E-state index is 0.00549. The van der Waals surface area contributed by atoms with Crippen molar-refractivity contribution >= 4 is 50.7 Å². The van der Waals surface area contributed by atoms with Crippen molar-refractivity contribution in [2.75, 3.05) is 17.4 Å². The Morgan fingerprint density at radius 2 is 1.63 bits per heavy atom. The molecule has 0 unspecified atom stereocenters. The van der Waals surface area contributed by atoms with Gasteiger partial charge in [-0.05, 0) is 73.2 Å². The summed E-state index contributed by atoms with van der Waals surface area (Å²) in [4.78, 5) is 29.0. The van der Waals surface area contributed by atoms with Crippen LogP contribution in [0, 0.1) is 19.8 Å². The van der Waals surface area contributed by atoms with Crippen LogP contribution in [0.15, 0.2) is 71.6 Å². The molecule has 0 saturated heterocycles. The average Bonchev–Trinajstić information content (AvgIpc) is 2.93. The number of amides is 2. The maximum atomic E-state index is 14.2. The number of nitrogens with one attached hydrogen (secondary N) is 1. The predicted molar refractivity (Wildman–Crippen MR) is 166 cm³/mol. The van der Waals surface area contributed by atoms with E-state index in [1.54, 1.807) is 48.5 Å². The van der Waals surface area contributed by atoms with E-state index in [1.165, 1.54) is 17.0 Å². The van der Waals surface area contributed by atoms with Gasteiger partial charge >= 0.3 is 0 Å². The summed E-state index contributed by atoms with van der Waals surface area (Å²) in [7, 11) is -4.14. The summed E-state index contributed by atoms with van der Waals surface area (Å²) in [5, 5.41) is 3.70. The Kier molecular flexibility index (Phi) is 11.2. The van der Waals surface area contributed by atoms with Crippen molar-refractivity contribution < 1.29 is 18.0 Å². The number of rotatable bonds is 12. The Morgan fingerprint density at radius 3 is 2.24 bits per heavy atom. The highest BCUT2D eigenvalue weighted by Crippen LogP contribution is 2.30. The molecule has 0 radical (unpaired) electrons. The summed E-state index contributed by atoms with van der Waals surface area (Å²) in [6.07, 6.45) is 0.315. The van der Waals surface area contributed by atoms with Gasteiger partial charge in [-0.2, -0.15) is 0 Å². The Bertz CT molecular complexity index is 1480. The largest absolute Gasteiger partial charge is 0.354 e. The molecule has 0 saturated carbocycles. The summed E-state index contributed by atoms with van der Waals surface area (Å²) in [6, 6.07) is 17.4. The van der Waals surface area contributed by atoms with E-state index in [9.17, 15) is 18.0 Å². The Balaban J connectivity index is 2.10. The standard InChI is InChI=1S/C31H37Cl2N3O4S/c1-6-28(31(38)34-18-21(2)3)35(19-24-15-16-25(32)17-27(24)33)30(37)20-36(29-14-10-11-22(4)23(29)5)41(39,40)26-12-8-7-9-13-26/h7-17,21,28H,6,18-20H2,1-5H3,(H,34,38)/t28-/m0/s1. The molecule has 0 aliphatic carbocycles. The molecule has 0 heterocycles. The van der Waals surface area contributed by atoms with Gasteiger partial charge < -0.3 is 10.2 Å². The van der Waals surface area contributed by atoms with Gasteiger partial charge in [0.1, 0.15) is 12.6 Å². The number of carbonyl (C=O) groups is 2. The highest BCUT2D eigenvalue weighted by molar-refractivity contribution is 7.92. The number of benzene rings is 3. The molecule has 10 heteroatoms. The van der Waals surface area contributed by atoms with Crippen molar-refractivity contribution in [3.8, 4) is 0 Å². The van der Waals surface area contributed by atoms with Gasteiger partial charge in [-0.25, -0.2) is 8.42 Å². The normalized spacial score (nSPS) is 12.2. The first kappa shape index (κ1) is 32.4. The second-order valence-electron chi connectivity index (χ2n) is 10.4. The molecule has 3 aromatic carbocycles. The summed E-state index contributed by atoms with van der Waals surface area (Å²) in [5.74, 6) is -0.645. The van der Waals surface area contributed by atoms with Crippen molar-refractivity contribution in [2.24, 2.45) is 5.92 Å². The fourth-order valence-corrected chi connectivity index (χ4v) is 6.38. The molecule has 0 bridgehead atoms. The molecule has 2 amide bonds. The molecule has 0 aliphatic heterocycles. The molecule has 3 aromatic rings. The smallest absolute Gasteiger partial charge is 0.264 e. The SMILES string of the molecule is CC[C@@H](C(=O)NCC(C)C)N(Cc1ccc(Cl)cc1Cl)C(=O)CN(c1cccc(C)c1C)S(=O)(=O)c1ccccc1. The number of sulfonamides is 1. The van der Waals surface area contributed by atoms with E-state index in [0.29, 0.717) is 34.3 Å². The maximum Gasteiger partial charge on any atom is 0.264 e. The summed E-state index contributed by atoms with van der Waals surface area (Å²) in [6.45, 7) is 9.40. The second-order valence-corrected chi connectivity index (χ2v) is 13.1. The molecule has 1 N–H and O–H groups in total. The van der Waals surface area contributed by atoms with Crippen LogP contribution in [-0.2, 0) is 26.2 Å². The maximum absolute atomic E-state index is 14.2. The van der Waals surface area contributed by atoms with Gasteiger partial charge in [0.2, 0.25) is 11.8 Å². The minimum atomic E-state index is -4.14. The van der Waals surface area contributed by atoms with Crippen LogP contribution in [0.5, 0.6) is 0 Å². The van der Waals surface area contributed by atoms with Gasteiger partial charge in [-0.3, -0.25) is 13.9 Å². The van der Waals surface area contributed by atoms with Gasteiger partial charge in [-0.1, -0.05) is 80.4 Å². The third-order valence-electron chi connectivity index (χ3n) is 6.88. The van der Waals surface area contributed by atoms with Crippen LogP contribution in [0.25, 0.3) is 0 Å². The second kappa shape index (κ2) is 14.2. The summed E-state index contributed by atoms with van der Waals surface area (Å²) in [5.41, 5.74) is 2.59. The van der Waals surface area contributed by atoms with Gasteiger partial charge in [0.15, 0.2) is 0 Å². The van der Waals surface area contributed by atoms with Gasteiger partial charge in [0.05, 0.1) is 10.6 Å². The number of hydrogen-bond donors (Lipinski definition) is 1. The van der Waals surface area contributed by atoms with Crippen molar-refractivity contribution in [3.05, 3.63) is 93.5 Å². The predicted octanol–water partition coefficient (Wildman–Crippen LogP) is 6.39. The molecule has 0 fully saturated rings. The molecule has 0 spiro atoms. The van der Waals surface area contributed by atoms with Gasteiger partial charge in [-0.15, -0.1) is 0 Å². The molecule has 0 aromatic heterocycles. The zero-order chi connectivity index (χ0) is 30.3. The van der Waals surface area contributed by atoms with E-state index in [1.807, 2.05) is 40.7 Å². The Morgan fingerprint density at radius 1 is 0.951 bits per heavy atom. The first-order chi connectivity index (χ1) is 19.4. The Hall–Kier alpha value is -3.07. The average molecular weight is 619 g/mol. The van der Waals surface area contributed by atoms with Crippen molar-refractivity contribution in [1.82, 2.24) is 10.2 Å². The van der Waals surface area contributed by atoms with Gasteiger partial charge in [0, 0.05) is 23.1 Å². The van der Waals surface area contributed by atoms with E-state index >= 15 is 0 Å². The van der Waals surface area contributed by atoms with Crippen LogP contribution < -0.4 is 9.62 Å². The van der Waals surface area contributed by atoms with Crippen LogP contribution in [-0.4, -0.2) is 44.3 Å². The zero-order valence-electron chi connectivity index (χ0n) is 24.0. The topological polar surface area (TPSA) is 86.8 Å². The number of anilines is 1. The van der Waals surface area contributed by atoms with E-state index in [-0.39, 0.29) is 23.3 Å². The first-order valence-corrected chi connectivity index (χ1v) is 15.7. The molecular formula is C31H37Cl2N3O4S. The Labute approximate surface area is 253 Å². The fraction of sp³-hybridized carbons (Fsp3) is 0.355. The minimum Gasteiger partial charge on any atom is -0.354 e. The summed E-state index contributed by atoms with van der Waals surface area (Å²) < 4.78 is 29.1. The number of nitrogens with zero attached hydrogens (tertiary/aromatic N) is 2. The van der Waals surface area contributed by atoms with E-state index in [4.69, 9.17) is 23.2 Å². The van der Waals surface area contributed by atoms with E-state index in [0.717, 1.165) is 15.4 Å². The van der Waals surface area contributed by atoms with Crippen LogP contribution in [0.1, 0.15) is 43.9 Å². The highest BCUT2D eigenvalue weighted by Gasteiger charge is 2.34. The number of carbonyl (C=O) groups excluding carboxylic acids is 2. The lowest BCUT2D eigenvalue weighted by Crippen LogP contribution is -2.52. The third kappa shape index (κ3) is 8.03. The number of halogens is 2. The van der Waals surface area contributed by atoms with Crippen molar-refractivity contribution in [1.29, 1.82) is 0 Å². The molecule has 220 valence electrons. The lowest BCUT2D eigenvalue weighted by molar-refractivity contribution is -0.140. The number of hydrogen-bond acceptors (Lipinski definition) is 4. The zero-order valence-corrected chi connectivity index (χ0v) is 26.4. The van der Waals surface area contributed by atoms with Gasteiger partial charge in [0.25, 0.3) is 10.0 Å². The van der Waals surface area contributed by atoms with Crippen LogP contribution in [0.2, 0.25) is 10.0 Å². The van der Waals surface area contributed by atoms with Crippen molar-refractivity contribution in [2.45, 2.75) is 58.5 Å². The number of aryl methyl sites for hydroxylation is 1. The molecule has 41 heavy (non-hydrogen) atoms. The van der Waals surface area contributed by atoms with Crippen LogP contribution in [0.3, 0.4) is 0 Å². The quantitative estimate of drug-likeness (QED) is 0.255.